The highest BCUT2D eigenvalue weighted by molar-refractivity contribution is 5.75. The molecule has 0 aromatic rings. The van der Waals surface area contributed by atoms with Crippen LogP contribution in [0.3, 0.4) is 0 Å². The van der Waals surface area contributed by atoms with Crippen molar-refractivity contribution in [2.45, 2.75) is 51.1 Å². The molecule has 3 atom stereocenters. The number of carbonyl (C=O) groups excluding carboxylic acids is 1. The summed E-state index contributed by atoms with van der Waals surface area (Å²) in [5.74, 6) is -0.385. The molecule has 0 radical (unpaired) electrons. The molecular formula is C13H22N2O3. The lowest BCUT2D eigenvalue weighted by atomic mass is 10.1. The molecule has 5 heteroatoms. The number of hydrogen-bond donors (Lipinski definition) is 2. The fourth-order valence-electron chi connectivity index (χ4n) is 2.69. The van der Waals surface area contributed by atoms with Gasteiger partial charge in [0.1, 0.15) is 0 Å². The highest BCUT2D eigenvalue weighted by Gasteiger charge is 2.35. The first-order chi connectivity index (χ1) is 8.49. The van der Waals surface area contributed by atoms with Crippen LogP contribution in [0.15, 0.2) is 0 Å². The predicted molar refractivity (Wildman–Crippen MR) is 67.2 cm³/mol. The van der Waals surface area contributed by atoms with Crippen LogP contribution in [0, 0.1) is 11.8 Å². The maximum Gasteiger partial charge on any atom is 0.317 e. The van der Waals surface area contributed by atoms with Crippen LogP contribution in [0.4, 0.5) is 4.79 Å². The Labute approximate surface area is 108 Å². The molecular weight excluding hydrogens is 232 g/mol. The molecule has 18 heavy (non-hydrogen) atoms. The van der Waals surface area contributed by atoms with Crippen LogP contribution in [-0.4, -0.2) is 41.1 Å². The Hall–Kier alpha value is -1.26. The SMILES string of the molecule is CC(C1CC1)N(C)C(=O)N[C@H]1CC[C@@H](C(=O)O)C1. The maximum absolute atomic E-state index is 12.0. The summed E-state index contributed by atoms with van der Waals surface area (Å²) < 4.78 is 0. The minimum Gasteiger partial charge on any atom is -0.481 e. The van der Waals surface area contributed by atoms with E-state index in [1.807, 2.05) is 7.05 Å². The number of carboxylic acids is 1. The smallest absolute Gasteiger partial charge is 0.317 e. The van der Waals surface area contributed by atoms with E-state index in [0.29, 0.717) is 18.8 Å². The fourth-order valence-corrected chi connectivity index (χ4v) is 2.69. The molecule has 1 unspecified atom stereocenters. The van der Waals surface area contributed by atoms with Crippen LogP contribution in [0.2, 0.25) is 0 Å². The first-order valence-electron chi connectivity index (χ1n) is 6.75. The second kappa shape index (κ2) is 5.16. The van der Waals surface area contributed by atoms with Crippen molar-refractivity contribution in [2.75, 3.05) is 7.05 Å². The Balaban J connectivity index is 1.79. The van der Waals surface area contributed by atoms with Crippen molar-refractivity contribution < 1.29 is 14.7 Å². The van der Waals surface area contributed by atoms with Gasteiger partial charge in [-0.15, -0.1) is 0 Å². The molecule has 0 aliphatic heterocycles. The number of rotatable bonds is 4. The third kappa shape index (κ3) is 2.94. The molecule has 0 heterocycles. The number of urea groups is 1. The minimum atomic E-state index is -0.744. The lowest BCUT2D eigenvalue weighted by Gasteiger charge is -2.26. The molecule has 2 rings (SSSR count). The number of nitrogens with zero attached hydrogens (tertiary/aromatic N) is 1. The number of hydrogen-bond acceptors (Lipinski definition) is 2. The van der Waals surface area contributed by atoms with Gasteiger partial charge in [-0.05, 0) is 44.9 Å². The first kappa shape index (κ1) is 13.2. The summed E-state index contributed by atoms with van der Waals surface area (Å²) in [7, 11) is 1.82. The summed E-state index contributed by atoms with van der Waals surface area (Å²) in [6, 6.07) is 0.236. The van der Waals surface area contributed by atoms with Gasteiger partial charge in [0.25, 0.3) is 0 Å². The molecule has 2 N–H and O–H groups in total. The van der Waals surface area contributed by atoms with Crippen molar-refractivity contribution in [3.05, 3.63) is 0 Å². The second-order valence-corrected chi connectivity index (χ2v) is 5.68. The molecule has 0 aromatic carbocycles. The van der Waals surface area contributed by atoms with Gasteiger partial charge in [0.15, 0.2) is 0 Å². The molecule has 2 aliphatic carbocycles. The lowest BCUT2D eigenvalue weighted by Crippen LogP contribution is -2.46. The van der Waals surface area contributed by atoms with Crippen molar-refractivity contribution in [3.63, 3.8) is 0 Å². The van der Waals surface area contributed by atoms with Gasteiger partial charge in [0, 0.05) is 19.1 Å². The Kier molecular flexibility index (Phi) is 3.78. The van der Waals surface area contributed by atoms with Gasteiger partial charge in [-0.25, -0.2) is 4.79 Å². The summed E-state index contributed by atoms with van der Waals surface area (Å²) >= 11 is 0. The van der Waals surface area contributed by atoms with E-state index < -0.39 is 5.97 Å². The fraction of sp³-hybridized carbons (Fsp3) is 0.846. The molecule has 2 saturated carbocycles. The summed E-state index contributed by atoms with van der Waals surface area (Å²) in [6.07, 6.45) is 4.43. The van der Waals surface area contributed by atoms with E-state index in [1.165, 1.54) is 12.8 Å². The predicted octanol–water partition coefficient (Wildman–Crippen LogP) is 1.68. The van der Waals surface area contributed by atoms with Crippen LogP contribution in [0.25, 0.3) is 0 Å². The first-order valence-corrected chi connectivity index (χ1v) is 6.75. The van der Waals surface area contributed by atoms with Crippen molar-refractivity contribution in [3.8, 4) is 0 Å². The third-order valence-corrected chi connectivity index (χ3v) is 4.34. The topological polar surface area (TPSA) is 69.6 Å². The molecule has 0 aromatic heterocycles. The van der Waals surface area contributed by atoms with E-state index in [2.05, 4.69) is 12.2 Å². The van der Waals surface area contributed by atoms with E-state index >= 15 is 0 Å². The summed E-state index contributed by atoms with van der Waals surface area (Å²) in [6.45, 7) is 2.08. The van der Waals surface area contributed by atoms with Crippen molar-refractivity contribution in [1.29, 1.82) is 0 Å². The summed E-state index contributed by atoms with van der Waals surface area (Å²) in [5.41, 5.74) is 0. The normalized spacial score (nSPS) is 28.8. The van der Waals surface area contributed by atoms with Gasteiger partial charge >= 0.3 is 12.0 Å². The van der Waals surface area contributed by atoms with Crippen molar-refractivity contribution in [1.82, 2.24) is 10.2 Å². The zero-order chi connectivity index (χ0) is 13.3. The average molecular weight is 254 g/mol. The second-order valence-electron chi connectivity index (χ2n) is 5.68. The van der Waals surface area contributed by atoms with Gasteiger partial charge in [0.2, 0.25) is 0 Å². The standard InChI is InChI=1S/C13H22N2O3/c1-8(9-3-4-9)15(2)13(18)14-11-6-5-10(7-11)12(16)17/h8-11H,3-7H2,1-2H3,(H,14,18)(H,16,17)/t8?,10-,11+/m1/s1. The van der Waals surface area contributed by atoms with E-state index in [4.69, 9.17) is 5.11 Å². The number of nitrogens with one attached hydrogen (secondary N) is 1. The minimum absolute atomic E-state index is 0.0208. The molecule has 5 nitrogen and oxygen atoms in total. The highest BCUT2D eigenvalue weighted by Crippen LogP contribution is 2.34. The van der Waals surface area contributed by atoms with E-state index in [9.17, 15) is 9.59 Å². The highest BCUT2D eigenvalue weighted by atomic mass is 16.4. The number of aliphatic carboxylic acids is 1. The number of amides is 2. The average Bonchev–Trinajstić information content (AvgIpc) is 3.07. The Morgan fingerprint density at radius 2 is 1.94 bits per heavy atom. The van der Waals surface area contributed by atoms with Gasteiger partial charge in [-0.2, -0.15) is 0 Å². The van der Waals surface area contributed by atoms with Gasteiger partial charge in [0.05, 0.1) is 5.92 Å². The quantitative estimate of drug-likeness (QED) is 0.802. The largest absolute Gasteiger partial charge is 0.481 e. The van der Waals surface area contributed by atoms with Gasteiger partial charge in [-0.1, -0.05) is 0 Å². The van der Waals surface area contributed by atoms with E-state index in [0.717, 1.165) is 6.42 Å². The summed E-state index contributed by atoms with van der Waals surface area (Å²) in [5, 5.41) is 11.9. The van der Waals surface area contributed by atoms with E-state index in [-0.39, 0.29) is 24.0 Å². The third-order valence-electron chi connectivity index (χ3n) is 4.34. The van der Waals surface area contributed by atoms with Crippen molar-refractivity contribution >= 4 is 12.0 Å². The number of carbonyl (C=O) groups is 2. The molecule has 0 spiro atoms. The lowest BCUT2D eigenvalue weighted by molar-refractivity contribution is -0.141. The Morgan fingerprint density at radius 1 is 1.28 bits per heavy atom. The molecule has 2 amide bonds. The van der Waals surface area contributed by atoms with E-state index in [1.54, 1.807) is 4.90 Å². The van der Waals surface area contributed by atoms with Gasteiger partial charge < -0.3 is 15.3 Å². The molecule has 2 aliphatic rings. The molecule has 102 valence electrons. The van der Waals surface area contributed by atoms with Crippen LogP contribution < -0.4 is 5.32 Å². The van der Waals surface area contributed by atoms with Crippen LogP contribution in [-0.2, 0) is 4.79 Å². The van der Waals surface area contributed by atoms with Gasteiger partial charge in [-0.3, -0.25) is 4.79 Å². The maximum atomic E-state index is 12.0. The zero-order valence-electron chi connectivity index (χ0n) is 11.1. The summed E-state index contributed by atoms with van der Waals surface area (Å²) in [4.78, 5) is 24.6. The Morgan fingerprint density at radius 3 is 2.44 bits per heavy atom. The monoisotopic (exact) mass is 254 g/mol. The van der Waals surface area contributed by atoms with Crippen molar-refractivity contribution in [2.24, 2.45) is 11.8 Å². The Bertz CT molecular complexity index is 341. The van der Waals surface area contributed by atoms with Crippen LogP contribution >= 0.6 is 0 Å². The van der Waals surface area contributed by atoms with Crippen LogP contribution in [0.1, 0.15) is 39.0 Å². The zero-order valence-corrected chi connectivity index (χ0v) is 11.1. The molecule has 0 bridgehead atoms. The number of carboxylic acid groups (broad SMARTS) is 1. The molecule has 0 saturated heterocycles. The molecule has 2 fully saturated rings. The van der Waals surface area contributed by atoms with Crippen LogP contribution in [0.5, 0.6) is 0 Å².